The molecule has 0 aromatic heterocycles. The van der Waals surface area contributed by atoms with Crippen molar-refractivity contribution in [1.82, 2.24) is 0 Å². The van der Waals surface area contributed by atoms with E-state index in [2.05, 4.69) is 15.9 Å². The van der Waals surface area contributed by atoms with Crippen LogP contribution in [0.2, 0.25) is 0 Å². The van der Waals surface area contributed by atoms with Crippen molar-refractivity contribution in [2.45, 2.75) is 13.8 Å². The standard InChI is InChI=1S/C10H10BrFO2/c1-3-14-10(13)7-4-6(2)5-8(11)9(7)12/h4-5H,3H2,1-2H3. The Morgan fingerprint density at radius 1 is 1.57 bits per heavy atom. The van der Waals surface area contributed by atoms with E-state index in [4.69, 9.17) is 4.74 Å². The molecule has 0 spiro atoms. The van der Waals surface area contributed by atoms with E-state index in [1.54, 1.807) is 19.9 Å². The van der Waals surface area contributed by atoms with Crippen molar-refractivity contribution in [1.29, 1.82) is 0 Å². The highest BCUT2D eigenvalue weighted by molar-refractivity contribution is 9.10. The van der Waals surface area contributed by atoms with Crippen molar-refractivity contribution < 1.29 is 13.9 Å². The number of rotatable bonds is 2. The number of esters is 1. The van der Waals surface area contributed by atoms with E-state index >= 15 is 0 Å². The Labute approximate surface area is 90.2 Å². The maximum absolute atomic E-state index is 13.4. The number of carbonyl (C=O) groups is 1. The first-order chi connectivity index (χ1) is 6.56. The fraction of sp³-hybridized carbons (Fsp3) is 0.300. The number of carbonyl (C=O) groups excluding carboxylic acids is 1. The van der Waals surface area contributed by atoms with Crippen LogP contribution in [0.25, 0.3) is 0 Å². The molecule has 0 fully saturated rings. The largest absolute Gasteiger partial charge is 0.462 e. The second-order valence-corrected chi connectivity index (χ2v) is 3.68. The molecule has 2 nitrogen and oxygen atoms in total. The minimum atomic E-state index is -0.630. The summed E-state index contributed by atoms with van der Waals surface area (Å²) in [4.78, 5) is 11.3. The minimum Gasteiger partial charge on any atom is -0.462 e. The quantitative estimate of drug-likeness (QED) is 0.765. The summed E-state index contributed by atoms with van der Waals surface area (Å²) in [5.41, 5.74) is 0.778. The second-order valence-electron chi connectivity index (χ2n) is 2.83. The van der Waals surface area contributed by atoms with Gasteiger partial charge in [0.1, 0.15) is 0 Å². The maximum atomic E-state index is 13.4. The van der Waals surface area contributed by atoms with Crippen LogP contribution in [-0.2, 0) is 4.74 Å². The molecule has 76 valence electrons. The van der Waals surface area contributed by atoms with Crippen LogP contribution in [0.1, 0.15) is 22.8 Å². The van der Waals surface area contributed by atoms with E-state index in [0.29, 0.717) is 0 Å². The van der Waals surface area contributed by atoms with Gasteiger partial charge in [0.05, 0.1) is 16.6 Å². The highest BCUT2D eigenvalue weighted by atomic mass is 79.9. The van der Waals surface area contributed by atoms with Crippen LogP contribution in [0.5, 0.6) is 0 Å². The molecule has 0 aliphatic heterocycles. The fourth-order valence-corrected chi connectivity index (χ4v) is 1.66. The Kier molecular flexibility index (Phi) is 3.63. The molecule has 0 amide bonds. The molecule has 1 aromatic rings. The average Bonchev–Trinajstić information content (AvgIpc) is 2.11. The summed E-state index contributed by atoms with van der Waals surface area (Å²) in [5.74, 6) is -1.21. The molecule has 1 rings (SSSR count). The van der Waals surface area contributed by atoms with Crippen molar-refractivity contribution in [3.8, 4) is 0 Å². The van der Waals surface area contributed by atoms with E-state index in [1.807, 2.05) is 0 Å². The zero-order valence-corrected chi connectivity index (χ0v) is 9.52. The number of benzene rings is 1. The minimum absolute atomic E-state index is 0.0290. The Hall–Kier alpha value is -0.900. The van der Waals surface area contributed by atoms with E-state index in [0.717, 1.165) is 5.56 Å². The van der Waals surface area contributed by atoms with Gasteiger partial charge in [-0.2, -0.15) is 0 Å². The maximum Gasteiger partial charge on any atom is 0.341 e. The summed E-state index contributed by atoms with van der Waals surface area (Å²) in [5, 5.41) is 0. The summed E-state index contributed by atoms with van der Waals surface area (Å²) in [7, 11) is 0. The number of halogens is 2. The molecule has 0 aliphatic carbocycles. The molecule has 0 saturated carbocycles. The van der Waals surface area contributed by atoms with Crippen LogP contribution < -0.4 is 0 Å². The Morgan fingerprint density at radius 2 is 2.21 bits per heavy atom. The first kappa shape index (κ1) is 11.2. The van der Waals surface area contributed by atoms with Gasteiger partial charge < -0.3 is 4.74 Å². The monoisotopic (exact) mass is 260 g/mol. The molecule has 1 aromatic carbocycles. The first-order valence-electron chi connectivity index (χ1n) is 4.19. The van der Waals surface area contributed by atoms with Gasteiger partial charge in [0.15, 0.2) is 5.82 Å². The molecule has 0 atom stereocenters. The van der Waals surface area contributed by atoms with E-state index in [9.17, 15) is 9.18 Å². The van der Waals surface area contributed by atoms with Crippen molar-refractivity contribution in [3.63, 3.8) is 0 Å². The molecule has 0 bridgehead atoms. The molecule has 0 saturated heterocycles. The third kappa shape index (κ3) is 2.32. The van der Waals surface area contributed by atoms with Crippen molar-refractivity contribution in [2.75, 3.05) is 6.61 Å². The zero-order chi connectivity index (χ0) is 10.7. The lowest BCUT2D eigenvalue weighted by atomic mass is 10.1. The lowest BCUT2D eigenvalue weighted by Gasteiger charge is -2.05. The van der Waals surface area contributed by atoms with E-state index in [-0.39, 0.29) is 16.6 Å². The van der Waals surface area contributed by atoms with Gasteiger partial charge >= 0.3 is 5.97 Å². The summed E-state index contributed by atoms with van der Waals surface area (Å²) in [6.45, 7) is 3.71. The molecule has 4 heteroatoms. The lowest BCUT2D eigenvalue weighted by molar-refractivity contribution is 0.0520. The van der Waals surface area contributed by atoms with E-state index < -0.39 is 11.8 Å². The smallest absolute Gasteiger partial charge is 0.341 e. The number of hydrogen-bond acceptors (Lipinski definition) is 2. The molecule has 14 heavy (non-hydrogen) atoms. The van der Waals surface area contributed by atoms with Gasteiger partial charge in [0.25, 0.3) is 0 Å². The molecule has 0 N–H and O–H groups in total. The van der Waals surface area contributed by atoms with Crippen LogP contribution in [0, 0.1) is 12.7 Å². The zero-order valence-electron chi connectivity index (χ0n) is 7.93. The second kappa shape index (κ2) is 4.55. The van der Waals surface area contributed by atoms with Gasteiger partial charge in [-0.1, -0.05) is 0 Å². The van der Waals surface area contributed by atoms with Crippen LogP contribution in [0.15, 0.2) is 16.6 Å². The van der Waals surface area contributed by atoms with Crippen LogP contribution in [0.4, 0.5) is 4.39 Å². The Morgan fingerprint density at radius 3 is 2.79 bits per heavy atom. The van der Waals surface area contributed by atoms with Crippen LogP contribution >= 0.6 is 15.9 Å². The SMILES string of the molecule is CCOC(=O)c1cc(C)cc(Br)c1F. The molecule has 0 unspecified atom stereocenters. The van der Waals surface area contributed by atoms with Crippen molar-refractivity contribution >= 4 is 21.9 Å². The average molecular weight is 261 g/mol. The van der Waals surface area contributed by atoms with Crippen LogP contribution in [-0.4, -0.2) is 12.6 Å². The normalized spacial score (nSPS) is 10.0. The molecular formula is C10H10BrFO2. The number of hydrogen-bond donors (Lipinski definition) is 0. The van der Waals surface area contributed by atoms with Gasteiger partial charge in [-0.25, -0.2) is 9.18 Å². The van der Waals surface area contributed by atoms with Crippen LogP contribution in [0.3, 0.4) is 0 Å². The van der Waals surface area contributed by atoms with Crippen molar-refractivity contribution in [3.05, 3.63) is 33.5 Å². The fourth-order valence-electron chi connectivity index (χ4n) is 1.08. The molecule has 0 radical (unpaired) electrons. The van der Waals surface area contributed by atoms with Gasteiger partial charge in [-0.05, 0) is 47.5 Å². The molecular weight excluding hydrogens is 251 g/mol. The number of ether oxygens (including phenoxy) is 1. The van der Waals surface area contributed by atoms with Gasteiger partial charge in [0.2, 0.25) is 0 Å². The molecule has 0 heterocycles. The summed E-state index contributed by atoms with van der Waals surface area (Å²) in [6.07, 6.45) is 0. The topological polar surface area (TPSA) is 26.3 Å². The highest BCUT2D eigenvalue weighted by Gasteiger charge is 2.15. The third-order valence-electron chi connectivity index (χ3n) is 1.67. The first-order valence-corrected chi connectivity index (χ1v) is 4.98. The highest BCUT2D eigenvalue weighted by Crippen LogP contribution is 2.21. The predicted octanol–water partition coefficient (Wildman–Crippen LogP) is 3.07. The Bertz CT molecular complexity index is 363. The summed E-state index contributed by atoms with van der Waals surface area (Å²) in [6, 6.07) is 3.08. The third-order valence-corrected chi connectivity index (χ3v) is 2.24. The predicted molar refractivity (Wildman–Crippen MR) is 54.8 cm³/mol. The summed E-state index contributed by atoms with van der Waals surface area (Å²) < 4.78 is 18.4. The Balaban J connectivity index is 3.13. The lowest BCUT2D eigenvalue weighted by Crippen LogP contribution is -2.08. The van der Waals surface area contributed by atoms with Crippen molar-refractivity contribution in [2.24, 2.45) is 0 Å². The van der Waals surface area contributed by atoms with Gasteiger partial charge in [-0.3, -0.25) is 0 Å². The van der Waals surface area contributed by atoms with Gasteiger partial charge in [-0.15, -0.1) is 0 Å². The van der Waals surface area contributed by atoms with E-state index in [1.165, 1.54) is 6.07 Å². The number of aryl methyl sites for hydroxylation is 1. The molecule has 0 aliphatic rings. The summed E-state index contributed by atoms with van der Waals surface area (Å²) >= 11 is 3.03. The van der Waals surface area contributed by atoms with Gasteiger partial charge in [0, 0.05) is 0 Å².